The smallest absolute Gasteiger partial charge is 0.140 e. The van der Waals surface area contributed by atoms with Crippen molar-refractivity contribution < 1.29 is 9.60 Å². The third-order valence-electron chi connectivity index (χ3n) is 1.89. The molecule has 0 heterocycles. The van der Waals surface area contributed by atoms with Crippen LogP contribution in [0.5, 0.6) is 0 Å². The summed E-state index contributed by atoms with van der Waals surface area (Å²) >= 11 is 0. The van der Waals surface area contributed by atoms with Crippen LogP contribution >= 0.6 is 0 Å². The van der Waals surface area contributed by atoms with Crippen LogP contribution < -0.4 is 5.73 Å². The van der Waals surface area contributed by atoms with E-state index in [-0.39, 0.29) is 18.6 Å². The van der Waals surface area contributed by atoms with Crippen molar-refractivity contribution in [3.05, 3.63) is 0 Å². The van der Waals surface area contributed by atoms with Gasteiger partial charge in [0.2, 0.25) is 0 Å². The van der Waals surface area contributed by atoms with E-state index >= 15 is 0 Å². The fraction of sp³-hybridized carbons (Fsp3) is 0.875. The molecular weight excluding hydrogens is 173 g/mol. The molecule has 0 amide bonds. The summed E-state index contributed by atoms with van der Waals surface area (Å²) in [6.45, 7) is 4.63. The molecule has 0 fully saturated rings. The molecule has 0 aliphatic heterocycles. The zero-order chi connectivity index (χ0) is 10.3. The number of rotatable bonds is 6. The Morgan fingerprint density at radius 1 is 1.54 bits per heavy atom. The zero-order valence-corrected chi connectivity index (χ0v) is 8.20. The van der Waals surface area contributed by atoms with E-state index in [0.29, 0.717) is 19.5 Å². The Morgan fingerprint density at radius 3 is 2.54 bits per heavy atom. The van der Waals surface area contributed by atoms with Crippen LogP contribution in [0.4, 0.5) is 4.39 Å². The number of hydrogen-bond acceptors (Lipinski definition) is 3. The molecule has 0 unspecified atom stereocenters. The summed E-state index contributed by atoms with van der Waals surface area (Å²) in [6, 6.07) is 0.280. The average Bonchev–Trinajstić information content (AvgIpc) is 2.11. The summed E-state index contributed by atoms with van der Waals surface area (Å²) in [5.41, 5.74) is 5.30. The van der Waals surface area contributed by atoms with Crippen LogP contribution in [-0.4, -0.2) is 41.7 Å². The highest BCUT2D eigenvalue weighted by Crippen LogP contribution is 1.99. The highest BCUT2D eigenvalue weighted by Gasteiger charge is 2.09. The minimum Gasteiger partial charge on any atom is -0.409 e. The number of halogens is 1. The molecule has 0 aromatic carbocycles. The maximum atomic E-state index is 12.1. The lowest BCUT2D eigenvalue weighted by Crippen LogP contribution is -2.35. The summed E-state index contributed by atoms with van der Waals surface area (Å²) in [5.74, 6) is 0.185. The van der Waals surface area contributed by atoms with E-state index < -0.39 is 0 Å². The number of nitrogens with two attached hydrogens (primary N) is 1. The van der Waals surface area contributed by atoms with Crippen molar-refractivity contribution in [2.45, 2.75) is 26.3 Å². The second kappa shape index (κ2) is 6.65. The van der Waals surface area contributed by atoms with Gasteiger partial charge in [-0.3, -0.25) is 4.90 Å². The van der Waals surface area contributed by atoms with E-state index in [0.717, 1.165) is 0 Å². The van der Waals surface area contributed by atoms with Crippen molar-refractivity contribution >= 4 is 5.84 Å². The average molecular weight is 191 g/mol. The molecule has 0 aliphatic rings. The van der Waals surface area contributed by atoms with E-state index in [1.807, 2.05) is 18.7 Å². The van der Waals surface area contributed by atoms with Gasteiger partial charge in [0.05, 0.1) is 0 Å². The SMILES string of the molecule is CC(C)N(CCF)CCC(N)=NO. The van der Waals surface area contributed by atoms with Crippen molar-refractivity contribution in [1.29, 1.82) is 0 Å². The van der Waals surface area contributed by atoms with Gasteiger partial charge in [0.1, 0.15) is 12.5 Å². The first-order chi connectivity index (χ1) is 6.11. The molecule has 0 aromatic rings. The number of nitrogens with zero attached hydrogens (tertiary/aromatic N) is 2. The van der Waals surface area contributed by atoms with Crippen molar-refractivity contribution in [3.8, 4) is 0 Å². The van der Waals surface area contributed by atoms with Crippen LogP contribution in [-0.2, 0) is 0 Å². The highest BCUT2D eigenvalue weighted by atomic mass is 19.1. The first kappa shape index (κ1) is 12.2. The monoisotopic (exact) mass is 191 g/mol. The van der Waals surface area contributed by atoms with Gasteiger partial charge in [-0.2, -0.15) is 0 Å². The Bertz CT molecular complexity index is 161. The fourth-order valence-electron chi connectivity index (χ4n) is 1.04. The lowest BCUT2D eigenvalue weighted by Gasteiger charge is -2.24. The van der Waals surface area contributed by atoms with Gasteiger partial charge >= 0.3 is 0 Å². The Kier molecular flexibility index (Phi) is 6.22. The molecule has 0 aliphatic carbocycles. The topological polar surface area (TPSA) is 61.8 Å². The summed E-state index contributed by atoms with van der Waals surface area (Å²) in [6.07, 6.45) is 0.467. The van der Waals surface area contributed by atoms with Crippen LogP contribution in [0.1, 0.15) is 20.3 Å². The molecule has 78 valence electrons. The molecule has 4 nitrogen and oxygen atoms in total. The summed E-state index contributed by atoms with van der Waals surface area (Å²) < 4.78 is 12.1. The van der Waals surface area contributed by atoms with Gasteiger partial charge in [-0.15, -0.1) is 0 Å². The summed E-state index contributed by atoms with van der Waals surface area (Å²) in [7, 11) is 0. The van der Waals surface area contributed by atoms with Crippen molar-refractivity contribution in [1.82, 2.24) is 4.90 Å². The number of hydrogen-bond donors (Lipinski definition) is 2. The second-order valence-corrected chi connectivity index (χ2v) is 3.16. The van der Waals surface area contributed by atoms with Crippen LogP contribution in [0.25, 0.3) is 0 Å². The minimum absolute atomic E-state index is 0.185. The van der Waals surface area contributed by atoms with Gasteiger partial charge in [0, 0.05) is 25.6 Å². The Hall–Kier alpha value is -0.840. The van der Waals surface area contributed by atoms with Gasteiger partial charge < -0.3 is 10.9 Å². The lowest BCUT2D eigenvalue weighted by molar-refractivity contribution is 0.207. The number of amidine groups is 1. The van der Waals surface area contributed by atoms with E-state index in [4.69, 9.17) is 10.9 Å². The van der Waals surface area contributed by atoms with E-state index in [9.17, 15) is 4.39 Å². The van der Waals surface area contributed by atoms with E-state index in [1.54, 1.807) is 0 Å². The Morgan fingerprint density at radius 2 is 2.15 bits per heavy atom. The third-order valence-corrected chi connectivity index (χ3v) is 1.89. The largest absolute Gasteiger partial charge is 0.409 e. The molecular formula is C8H18FN3O. The summed E-state index contributed by atoms with van der Waals surface area (Å²) in [4.78, 5) is 1.94. The predicted octanol–water partition coefficient (Wildman–Crippen LogP) is 0.803. The van der Waals surface area contributed by atoms with Crippen LogP contribution in [0.3, 0.4) is 0 Å². The fourth-order valence-corrected chi connectivity index (χ4v) is 1.04. The van der Waals surface area contributed by atoms with Crippen LogP contribution in [0.15, 0.2) is 5.16 Å². The van der Waals surface area contributed by atoms with Crippen molar-refractivity contribution in [2.75, 3.05) is 19.8 Å². The molecule has 5 heteroatoms. The standard InChI is InChI=1S/C8H18FN3O/c1-7(2)12(6-4-9)5-3-8(10)11-13/h7,13H,3-6H2,1-2H3,(H2,10,11). The van der Waals surface area contributed by atoms with Gasteiger partial charge in [-0.05, 0) is 13.8 Å². The predicted molar refractivity (Wildman–Crippen MR) is 50.7 cm³/mol. The number of alkyl halides is 1. The third kappa shape index (κ3) is 5.41. The van der Waals surface area contributed by atoms with Crippen molar-refractivity contribution in [2.24, 2.45) is 10.9 Å². The number of oxime groups is 1. The zero-order valence-electron chi connectivity index (χ0n) is 8.20. The van der Waals surface area contributed by atoms with Gasteiger partial charge in [-0.25, -0.2) is 4.39 Å². The Balaban J connectivity index is 3.82. The van der Waals surface area contributed by atoms with Gasteiger partial charge in [0.25, 0.3) is 0 Å². The first-order valence-electron chi connectivity index (χ1n) is 4.38. The van der Waals surface area contributed by atoms with Crippen LogP contribution in [0, 0.1) is 0 Å². The van der Waals surface area contributed by atoms with Crippen LogP contribution in [0.2, 0.25) is 0 Å². The first-order valence-corrected chi connectivity index (χ1v) is 4.38. The molecule has 0 saturated carbocycles. The maximum Gasteiger partial charge on any atom is 0.140 e. The van der Waals surface area contributed by atoms with E-state index in [1.165, 1.54) is 0 Å². The maximum absolute atomic E-state index is 12.1. The second-order valence-electron chi connectivity index (χ2n) is 3.16. The minimum atomic E-state index is -0.367. The molecule has 0 rings (SSSR count). The molecule has 0 aromatic heterocycles. The summed E-state index contributed by atoms with van der Waals surface area (Å²) in [5, 5.41) is 11.1. The molecule has 3 N–H and O–H groups in total. The molecule has 0 saturated heterocycles. The molecule has 13 heavy (non-hydrogen) atoms. The highest BCUT2D eigenvalue weighted by molar-refractivity contribution is 5.79. The molecule has 0 radical (unpaired) electrons. The molecule has 0 bridgehead atoms. The van der Waals surface area contributed by atoms with E-state index in [2.05, 4.69) is 5.16 Å². The van der Waals surface area contributed by atoms with Gasteiger partial charge in [-0.1, -0.05) is 5.16 Å². The normalized spacial score (nSPS) is 12.8. The molecule has 0 atom stereocenters. The van der Waals surface area contributed by atoms with Crippen molar-refractivity contribution in [3.63, 3.8) is 0 Å². The van der Waals surface area contributed by atoms with Gasteiger partial charge in [0.15, 0.2) is 0 Å². The quantitative estimate of drug-likeness (QED) is 0.282. The molecule has 0 spiro atoms. The lowest BCUT2D eigenvalue weighted by atomic mass is 10.3. The Labute approximate surface area is 78.2 Å².